The Bertz CT molecular complexity index is 581. The molecule has 0 saturated carbocycles. The van der Waals surface area contributed by atoms with Crippen molar-refractivity contribution < 1.29 is 0 Å². The van der Waals surface area contributed by atoms with E-state index >= 15 is 0 Å². The molecule has 0 spiro atoms. The molecule has 0 aliphatic heterocycles. The SMILES string of the molecule is O=c1[nH]cc(/C=N/c2nccs2)c(=O)[nH]1. The van der Waals surface area contributed by atoms with E-state index in [1.807, 2.05) is 0 Å². The fourth-order valence-electron chi connectivity index (χ4n) is 0.921. The van der Waals surface area contributed by atoms with Gasteiger partial charge in [0.05, 0.1) is 5.56 Å². The van der Waals surface area contributed by atoms with E-state index in [1.54, 1.807) is 11.6 Å². The maximum absolute atomic E-state index is 11.2. The van der Waals surface area contributed by atoms with Crippen LogP contribution in [-0.4, -0.2) is 21.2 Å². The van der Waals surface area contributed by atoms with Gasteiger partial charge in [0.1, 0.15) is 0 Å². The third-order valence-corrected chi connectivity index (χ3v) is 2.26. The van der Waals surface area contributed by atoms with Crippen molar-refractivity contribution >= 4 is 22.7 Å². The predicted octanol–water partition coefficient (Wildman–Crippen LogP) is 0.270. The second-order valence-corrected chi connectivity index (χ2v) is 3.47. The smallest absolute Gasteiger partial charge is 0.313 e. The van der Waals surface area contributed by atoms with Gasteiger partial charge in [-0.2, -0.15) is 0 Å². The summed E-state index contributed by atoms with van der Waals surface area (Å²) in [4.78, 5) is 34.3. The first-order valence-electron chi connectivity index (χ1n) is 4.01. The zero-order chi connectivity index (χ0) is 10.7. The van der Waals surface area contributed by atoms with Crippen molar-refractivity contribution in [1.29, 1.82) is 0 Å². The number of thiazole rings is 1. The van der Waals surface area contributed by atoms with Gasteiger partial charge >= 0.3 is 5.69 Å². The van der Waals surface area contributed by atoms with Gasteiger partial charge in [-0.3, -0.25) is 9.78 Å². The van der Waals surface area contributed by atoms with E-state index in [9.17, 15) is 9.59 Å². The van der Waals surface area contributed by atoms with E-state index in [4.69, 9.17) is 0 Å². The molecule has 2 heterocycles. The Morgan fingerprint density at radius 3 is 3.00 bits per heavy atom. The Morgan fingerprint density at radius 2 is 2.33 bits per heavy atom. The van der Waals surface area contributed by atoms with Gasteiger partial charge in [-0.15, -0.1) is 11.3 Å². The van der Waals surface area contributed by atoms with Crippen LogP contribution in [0.1, 0.15) is 5.56 Å². The van der Waals surface area contributed by atoms with Gasteiger partial charge in [-0.1, -0.05) is 0 Å². The molecule has 0 atom stereocenters. The summed E-state index contributed by atoms with van der Waals surface area (Å²) in [6.45, 7) is 0. The molecule has 0 saturated heterocycles. The lowest BCUT2D eigenvalue weighted by Crippen LogP contribution is -2.24. The number of H-pyrrole nitrogens is 2. The highest BCUT2D eigenvalue weighted by Gasteiger charge is 1.96. The molecule has 0 aliphatic carbocycles. The highest BCUT2D eigenvalue weighted by atomic mass is 32.1. The molecule has 2 aromatic rings. The molecule has 0 bridgehead atoms. The summed E-state index contributed by atoms with van der Waals surface area (Å²) in [5, 5.41) is 2.34. The molecule has 2 aromatic heterocycles. The lowest BCUT2D eigenvalue weighted by atomic mass is 10.4. The van der Waals surface area contributed by atoms with Crippen LogP contribution in [0.15, 0.2) is 32.4 Å². The average Bonchev–Trinajstić information content (AvgIpc) is 2.69. The van der Waals surface area contributed by atoms with Crippen molar-refractivity contribution in [1.82, 2.24) is 15.0 Å². The van der Waals surface area contributed by atoms with Crippen LogP contribution in [-0.2, 0) is 0 Å². The molecule has 76 valence electrons. The second-order valence-electron chi connectivity index (χ2n) is 2.60. The number of nitrogens with zero attached hydrogens (tertiary/aromatic N) is 2. The molecular formula is C8H6N4O2S. The van der Waals surface area contributed by atoms with Gasteiger partial charge in [-0.25, -0.2) is 14.8 Å². The summed E-state index contributed by atoms with van der Waals surface area (Å²) < 4.78 is 0. The summed E-state index contributed by atoms with van der Waals surface area (Å²) in [6.07, 6.45) is 4.28. The summed E-state index contributed by atoms with van der Waals surface area (Å²) in [5.41, 5.74) is -0.727. The minimum absolute atomic E-state index is 0.282. The molecule has 0 fully saturated rings. The maximum atomic E-state index is 11.2. The summed E-state index contributed by atoms with van der Waals surface area (Å²) >= 11 is 1.36. The number of hydrogen-bond acceptors (Lipinski definition) is 5. The number of rotatable bonds is 2. The minimum atomic E-state index is -0.536. The first-order valence-corrected chi connectivity index (χ1v) is 4.89. The van der Waals surface area contributed by atoms with Gasteiger partial charge in [-0.05, 0) is 0 Å². The number of aliphatic imine (C=N–C) groups is 1. The Kier molecular flexibility index (Phi) is 2.55. The monoisotopic (exact) mass is 222 g/mol. The standard InChI is InChI=1S/C8H6N4O2S/c13-6-5(3-10-7(14)12-6)4-11-8-9-1-2-15-8/h1-4H,(H2,10,12,13,14)/b11-4+. The summed E-state index contributed by atoms with van der Waals surface area (Å²) in [6, 6.07) is 0. The van der Waals surface area contributed by atoms with E-state index in [1.165, 1.54) is 23.7 Å². The topological polar surface area (TPSA) is 91.0 Å². The van der Waals surface area contributed by atoms with Gasteiger partial charge in [0, 0.05) is 24.0 Å². The molecule has 0 aromatic carbocycles. The van der Waals surface area contributed by atoms with E-state index in [0.717, 1.165) is 0 Å². The molecular weight excluding hydrogens is 216 g/mol. The van der Waals surface area contributed by atoms with Gasteiger partial charge in [0.2, 0.25) is 5.13 Å². The molecule has 2 N–H and O–H groups in total. The van der Waals surface area contributed by atoms with Gasteiger partial charge < -0.3 is 4.98 Å². The molecule has 0 amide bonds. The predicted molar refractivity (Wildman–Crippen MR) is 57.1 cm³/mol. The quantitative estimate of drug-likeness (QED) is 0.714. The zero-order valence-electron chi connectivity index (χ0n) is 7.43. The third kappa shape index (κ3) is 2.26. The van der Waals surface area contributed by atoms with Crippen molar-refractivity contribution in [2.45, 2.75) is 0 Å². The van der Waals surface area contributed by atoms with Crippen LogP contribution in [0.5, 0.6) is 0 Å². The van der Waals surface area contributed by atoms with Crippen LogP contribution in [0.2, 0.25) is 0 Å². The van der Waals surface area contributed by atoms with Crippen molar-refractivity contribution in [2.75, 3.05) is 0 Å². The Labute approximate surface area is 87.4 Å². The lowest BCUT2D eigenvalue weighted by molar-refractivity contribution is 1.03. The first-order chi connectivity index (χ1) is 7.25. The normalized spacial score (nSPS) is 10.9. The van der Waals surface area contributed by atoms with E-state index < -0.39 is 11.2 Å². The molecule has 2 rings (SSSR count). The molecule has 0 unspecified atom stereocenters. The van der Waals surface area contributed by atoms with Crippen LogP contribution >= 0.6 is 11.3 Å². The lowest BCUT2D eigenvalue weighted by Gasteiger charge is -1.88. The summed E-state index contributed by atoms with van der Waals surface area (Å²) in [7, 11) is 0. The first kappa shape index (κ1) is 9.53. The molecule has 0 aliphatic rings. The maximum Gasteiger partial charge on any atom is 0.325 e. The third-order valence-electron chi connectivity index (χ3n) is 1.58. The number of nitrogens with one attached hydrogen (secondary N) is 2. The fourth-order valence-corrected chi connectivity index (χ4v) is 1.40. The van der Waals surface area contributed by atoms with Crippen molar-refractivity contribution in [3.63, 3.8) is 0 Å². The largest absolute Gasteiger partial charge is 0.325 e. The van der Waals surface area contributed by atoms with Crippen LogP contribution in [0, 0.1) is 0 Å². The van der Waals surface area contributed by atoms with Crippen LogP contribution in [0.4, 0.5) is 5.13 Å². The highest BCUT2D eigenvalue weighted by Crippen LogP contribution is 2.13. The van der Waals surface area contributed by atoms with Crippen molar-refractivity contribution in [2.24, 2.45) is 4.99 Å². The van der Waals surface area contributed by atoms with E-state index in [-0.39, 0.29) is 5.56 Å². The minimum Gasteiger partial charge on any atom is -0.313 e. The van der Waals surface area contributed by atoms with Crippen LogP contribution < -0.4 is 11.2 Å². The van der Waals surface area contributed by atoms with Crippen molar-refractivity contribution in [3.8, 4) is 0 Å². The van der Waals surface area contributed by atoms with Gasteiger partial charge in [0.25, 0.3) is 5.56 Å². The molecule has 7 heteroatoms. The Balaban J connectivity index is 2.33. The van der Waals surface area contributed by atoms with Crippen LogP contribution in [0.3, 0.4) is 0 Å². The number of aromatic amines is 2. The Hall–Kier alpha value is -2.02. The molecule has 6 nitrogen and oxygen atoms in total. The van der Waals surface area contributed by atoms with E-state index in [2.05, 4.69) is 19.9 Å². The Morgan fingerprint density at radius 1 is 1.47 bits per heavy atom. The fraction of sp³-hybridized carbons (Fsp3) is 0. The van der Waals surface area contributed by atoms with Crippen molar-refractivity contribution in [3.05, 3.63) is 44.2 Å². The second kappa shape index (κ2) is 4.01. The highest BCUT2D eigenvalue weighted by molar-refractivity contribution is 7.13. The number of hydrogen-bond donors (Lipinski definition) is 2. The average molecular weight is 222 g/mol. The molecule has 15 heavy (non-hydrogen) atoms. The van der Waals surface area contributed by atoms with Gasteiger partial charge in [0.15, 0.2) is 0 Å². The van der Waals surface area contributed by atoms with E-state index in [0.29, 0.717) is 5.13 Å². The molecule has 0 radical (unpaired) electrons. The summed E-state index contributed by atoms with van der Waals surface area (Å²) in [5.74, 6) is 0. The van der Waals surface area contributed by atoms with Crippen LogP contribution in [0.25, 0.3) is 0 Å². The zero-order valence-corrected chi connectivity index (χ0v) is 8.25. The number of aromatic nitrogens is 3.